The van der Waals surface area contributed by atoms with Crippen LogP contribution in [-0.4, -0.2) is 30.4 Å². The van der Waals surface area contributed by atoms with Crippen molar-refractivity contribution in [2.45, 2.75) is 38.8 Å². The molecule has 0 aliphatic carbocycles. The van der Waals surface area contributed by atoms with Gasteiger partial charge in [0.2, 0.25) is 5.91 Å². The lowest BCUT2D eigenvalue weighted by Crippen LogP contribution is -2.35. The van der Waals surface area contributed by atoms with Gasteiger partial charge in [-0.2, -0.15) is 0 Å². The van der Waals surface area contributed by atoms with E-state index in [1.807, 2.05) is 54.6 Å². The van der Waals surface area contributed by atoms with Crippen LogP contribution in [0.5, 0.6) is 5.75 Å². The standard InChI is InChI=1S/C29H34N2O2/c32-29(21-25-11-13-28(14-12-25)33-23-27-9-5-2-6-10-27)30-18-15-24-16-19-31(20-17-24)22-26-7-3-1-4-8-26/h1-14,24H,15-23H2,(H,30,32). The average molecular weight is 443 g/mol. The van der Waals surface area contributed by atoms with E-state index in [-0.39, 0.29) is 5.91 Å². The minimum atomic E-state index is 0.0921. The van der Waals surface area contributed by atoms with Crippen molar-refractivity contribution < 1.29 is 9.53 Å². The first-order valence-electron chi connectivity index (χ1n) is 12.0. The Morgan fingerprint density at radius 3 is 2.12 bits per heavy atom. The number of benzene rings is 3. The second-order valence-corrected chi connectivity index (χ2v) is 8.94. The fourth-order valence-corrected chi connectivity index (χ4v) is 4.38. The zero-order valence-electron chi connectivity index (χ0n) is 19.3. The maximum Gasteiger partial charge on any atom is 0.224 e. The molecule has 172 valence electrons. The number of piperidine rings is 1. The highest BCUT2D eigenvalue weighted by Gasteiger charge is 2.19. The van der Waals surface area contributed by atoms with Gasteiger partial charge in [-0.05, 0) is 67.1 Å². The van der Waals surface area contributed by atoms with Crippen molar-refractivity contribution in [1.82, 2.24) is 10.2 Å². The van der Waals surface area contributed by atoms with Gasteiger partial charge in [0.1, 0.15) is 12.4 Å². The number of rotatable bonds is 10. The normalized spacial score (nSPS) is 14.7. The number of ether oxygens (including phenoxy) is 1. The molecule has 0 atom stereocenters. The van der Waals surface area contributed by atoms with Gasteiger partial charge < -0.3 is 10.1 Å². The van der Waals surface area contributed by atoms with E-state index in [2.05, 4.69) is 40.5 Å². The molecule has 3 aromatic carbocycles. The number of amides is 1. The van der Waals surface area contributed by atoms with E-state index in [4.69, 9.17) is 4.74 Å². The monoisotopic (exact) mass is 442 g/mol. The molecule has 0 radical (unpaired) electrons. The summed E-state index contributed by atoms with van der Waals surface area (Å²) in [7, 11) is 0. The van der Waals surface area contributed by atoms with Crippen molar-refractivity contribution in [3.63, 3.8) is 0 Å². The molecule has 1 aliphatic rings. The highest BCUT2D eigenvalue weighted by molar-refractivity contribution is 5.78. The summed E-state index contributed by atoms with van der Waals surface area (Å²) in [6.07, 6.45) is 3.91. The molecule has 0 unspecified atom stereocenters. The molecule has 4 nitrogen and oxygen atoms in total. The summed E-state index contributed by atoms with van der Waals surface area (Å²) in [6, 6.07) is 28.6. The molecular weight excluding hydrogens is 408 g/mol. The van der Waals surface area contributed by atoms with Crippen LogP contribution in [0.25, 0.3) is 0 Å². The minimum Gasteiger partial charge on any atom is -0.489 e. The Labute approximate surface area is 197 Å². The summed E-state index contributed by atoms with van der Waals surface area (Å²) in [4.78, 5) is 14.9. The first-order valence-corrected chi connectivity index (χ1v) is 12.0. The van der Waals surface area contributed by atoms with Gasteiger partial charge in [-0.1, -0.05) is 72.8 Å². The molecule has 1 aliphatic heterocycles. The van der Waals surface area contributed by atoms with Gasteiger partial charge in [-0.3, -0.25) is 9.69 Å². The molecule has 0 bridgehead atoms. The molecule has 33 heavy (non-hydrogen) atoms. The molecule has 1 amide bonds. The first kappa shape index (κ1) is 23.1. The van der Waals surface area contributed by atoms with E-state index >= 15 is 0 Å². The molecular formula is C29H34N2O2. The molecule has 1 heterocycles. The number of nitrogens with one attached hydrogen (secondary N) is 1. The van der Waals surface area contributed by atoms with E-state index in [0.717, 1.165) is 49.5 Å². The number of hydrogen-bond donors (Lipinski definition) is 1. The van der Waals surface area contributed by atoms with Gasteiger partial charge in [-0.25, -0.2) is 0 Å². The number of hydrogen-bond acceptors (Lipinski definition) is 3. The molecule has 0 spiro atoms. The highest BCUT2D eigenvalue weighted by atomic mass is 16.5. The van der Waals surface area contributed by atoms with E-state index in [0.29, 0.717) is 18.9 Å². The lowest BCUT2D eigenvalue weighted by atomic mass is 9.93. The van der Waals surface area contributed by atoms with E-state index in [9.17, 15) is 4.79 Å². The lowest BCUT2D eigenvalue weighted by molar-refractivity contribution is -0.120. The SMILES string of the molecule is O=C(Cc1ccc(OCc2ccccc2)cc1)NCCC1CCN(Cc2ccccc2)CC1. The highest BCUT2D eigenvalue weighted by Crippen LogP contribution is 2.21. The molecule has 1 fully saturated rings. The number of nitrogens with zero attached hydrogens (tertiary/aromatic N) is 1. The third-order valence-electron chi connectivity index (χ3n) is 6.37. The van der Waals surface area contributed by atoms with Crippen molar-refractivity contribution in [3.8, 4) is 5.75 Å². The van der Waals surface area contributed by atoms with Crippen LogP contribution in [0.3, 0.4) is 0 Å². The van der Waals surface area contributed by atoms with Crippen molar-refractivity contribution >= 4 is 5.91 Å². The van der Waals surface area contributed by atoms with Gasteiger partial charge in [0.05, 0.1) is 6.42 Å². The Bertz CT molecular complexity index is 966. The van der Waals surface area contributed by atoms with E-state index in [1.165, 1.54) is 18.4 Å². The Morgan fingerprint density at radius 1 is 0.818 bits per heavy atom. The molecule has 0 saturated carbocycles. The minimum absolute atomic E-state index is 0.0921. The van der Waals surface area contributed by atoms with Gasteiger partial charge in [0.25, 0.3) is 0 Å². The van der Waals surface area contributed by atoms with Gasteiger partial charge in [-0.15, -0.1) is 0 Å². The zero-order chi connectivity index (χ0) is 22.7. The van der Waals surface area contributed by atoms with Gasteiger partial charge >= 0.3 is 0 Å². The number of carbonyl (C=O) groups excluding carboxylic acids is 1. The summed E-state index contributed by atoms with van der Waals surface area (Å²) in [5.74, 6) is 1.62. The quantitative estimate of drug-likeness (QED) is 0.468. The summed E-state index contributed by atoms with van der Waals surface area (Å²) < 4.78 is 5.82. The predicted molar refractivity (Wildman–Crippen MR) is 133 cm³/mol. The van der Waals surface area contributed by atoms with Crippen LogP contribution in [-0.2, 0) is 24.4 Å². The largest absolute Gasteiger partial charge is 0.489 e. The van der Waals surface area contributed by atoms with E-state index in [1.54, 1.807) is 0 Å². The zero-order valence-corrected chi connectivity index (χ0v) is 19.3. The van der Waals surface area contributed by atoms with Crippen LogP contribution in [0.2, 0.25) is 0 Å². The Balaban J connectivity index is 1.10. The topological polar surface area (TPSA) is 41.6 Å². The molecule has 1 N–H and O–H groups in total. The fraction of sp³-hybridized carbons (Fsp3) is 0.345. The Kier molecular flexibility index (Phi) is 8.54. The number of carbonyl (C=O) groups is 1. The van der Waals surface area contributed by atoms with Gasteiger partial charge in [0.15, 0.2) is 0 Å². The van der Waals surface area contributed by atoms with Crippen LogP contribution in [0.15, 0.2) is 84.9 Å². The summed E-state index contributed by atoms with van der Waals surface area (Å²) in [5.41, 5.74) is 3.54. The Hall–Kier alpha value is -3.11. The number of likely N-dealkylation sites (tertiary alicyclic amines) is 1. The predicted octanol–water partition coefficient (Wildman–Crippen LogP) is 5.23. The Morgan fingerprint density at radius 2 is 1.45 bits per heavy atom. The second kappa shape index (κ2) is 12.2. The van der Waals surface area contributed by atoms with Crippen LogP contribution in [0.1, 0.15) is 36.0 Å². The van der Waals surface area contributed by atoms with E-state index < -0.39 is 0 Å². The molecule has 3 aromatic rings. The average Bonchev–Trinajstić information content (AvgIpc) is 2.86. The van der Waals surface area contributed by atoms with Crippen LogP contribution in [0, 0.1) is 5.92 Å². The van der Waals surface area contributed by atoms with Crippen molar-refractivity contribution in [2.24, 2.45) is 5.92 Å². The lowest BCUT2D eigenvalue weighted by Gasteiger charge is -2.32. The third kappa shape index (κ3) is 7.76. The van der Waals surface area contributed by atoms with Gasteiger partial charge in [0, 0.05) is 13.1 Å². The fourth-order valence-electron chi connectivity index (χ4n) is 4.38. The third-order valence-corrected chi connectivity index (χ3v) is 6.37. The summed E-state index contributed by atoms with van der Waals surface area (Å²) in [6.45, 7) is 4.64. The summed E-state index contributed by atoms with van der Waals surface area (Å²) >= 11 is 0. The molecule has 0 aromatic heterocycles. The maximum atomic E-state index is 12.4. The van der Waals surface area contributed by atoms with Crippen LogP contribution < -0.4 is 10.1 Å². The first-order chi connectivity index (χ1) is 16.2. The smallest absolute Gasteiger partial charge is 0.224 e. The van der Waals surface area contributed by atoms with Crippen molar-refractivity contribution in [2.75, 3.05) is 19.6 Å². The second-order valence-electron chi connectivity index (χ2n) is 8.94. The maximum absolute atomic E-state index is 12.4. The molecule has 4 heteroatoms. The summed E-state index contributed by atoms with van der Waals surface area (Å²) in [5, 5.41) is 3.11. The van der Waals surface area contributed by atoms with Crippen LogP contribution >= 0.6 is 0 Å². The van der Waals surface area contributed by atoms with Crippen molar-refractivity contribution in [3.05, 3.63) is 102 Å². The molecule has 4 rings (SSSR count). The van der Waals surface area contributed by atoms with Crippen molar-refractivity contribution in [1.29, 1.82) is 0 Å². The molecule has 1 saturated heterocycles. The van der Waals surface area contributed by atoms with Crippen LogP contribution in [0.4, 0.5) is 0 Å².